The van der Waals surface area contributed by atoms with Gasteiger partial charge < -0.3 is 0 Å². The zero-order valence-electron chi connectivity index (χ0n) is 18.8. The summed E-state index contributed by atoms with van der Waals surface area (Å²) in [7, 11) is 0. The molecule has 0 amide bonds. The van der Waals surface area contributed by atoms with Crippen molar-refractivity contribution >= 4 is 11.9 Å². The maximum atomic E-state index is 11.3. The van der Waals surface area contributed by atoms with E-state index in [0.717, 1.165) is 31.3 Å². The van der Waals surface area contributed by atoms with E-state index in [1.54, 1.807) is 6.92 Å². The number of hydrogen-bond acceptors (Lipinski definition) is 3. The zero-order valence-corrected chi connectivity index (χ0v) is 18.8. The van der Waals surface area contributed by atoms with Crippen molar-refractivity contribution in [1.82, 2.24) is 0 Å². The van der Waals surface area contributed by atoms with Gasteiger partial charge in [0.1, 0.15) is 17.5 Å². The van der Waals surface area contributed by atoms with Crippen LogP contribution in [0.25, 0.3) is 6.08 Å². The van der Waals surface area contributed by atoms with Crippen LogP contribution in [0.1, 0.15) is 83.6 Å². The fourth-order valence-corrected chi connectivity index (χ4v) is 3.81. The summed E-state index contributed by atoms with van der Waals surface area (Å²) in [6.45, 7) is 7.75. The second-order valence-electron chi connectivity index (χ2n) is 8.72. The van der Waals surface area contributed by atoms with Gasteiger partial charge in [0.25, 0.3) is 0 Å². The molecule has 1 aromatic rings. The summed E-state index contributed by atoms with van der Waals surface area (Å²) in [4.78, 5) is 22.4. The monoisotopic (exact) mass is 410 g/mol. The van der Waals surface area contributed by atoms with Crippen LogP contribution in [0.2, 0.25) is 0 Å². The van der Waals surface area contributed by atoms with E-state index in [0.29, 0.717) is 6.42 Å². The first kappa shape index (κ1) is 24.3. The molecule has 0 spiro atoms. The Balaban J connectivity index is 1.47. The van der Waals surface area contributed by atoms with E-state index in [1.807, 2.05) is 6.07 Å². The minimum atomic E-state index is -0.303. The quantitative estimate of drug-likeness (QED) is 0.147. The number of carbonyl (C=O) groups is 1. The SMILES string of the molecule is C=C1C[C@](C)(CCCCCCCC/C=C/C=C/c2ccccc2)OO[C@@H]1CC(C)=O. The van der Waals surface area contributed by atoms with Gasteiger partial charge in [0.05, 0.1) is 0 Å². The van der Waals surface area contributed by atoms with Crippen molar-refractivity contribution in [3.63, 3.8) is 0 Å². The number of unbranched alkanes of at least 4 members (excludes halogenated alkanes) is 6. The lowest BCUT2D eigenvalue weighted by Crippen LogP contribution is -2.39. The summed E-state index contributed by atoms with van der Waals surface area (Å²) in [5.74, 6) is 0.104. The fourth-order valence-electron chi connectivity index (χ4n) is 3.81. The summed E-state index contributed by atoms with van der Waals surface area (Å²) in [6, 6.07) is 10.4. The Labute approximate surface area is 182 Å². The molecule has 30 heavy (non-hydrogen) atoms. The highest BCUT2D eigenvalue weighted by Gasteiger charge is 2.36. The molecule has 3 nitrogen and oxygen atoms in total. The van der Waals surface area contributed by atoms with Gasteiger partial charge in [0.2, 0.25) is 0 Å². The molecule has 0 saturated carbocycles. The highest BCUT2D eigenvalue weighted by Crippen LogP contribution is 2.35. The van der Waals surface area contributed by atoms with Gasteiger partial charge in [-0.3, -0.25) is 4.79 Å². The number of benzene rings is 1. The van der Waals surface area contributed by atoms with Gasteiger partial charge >= 0.3 is 0 Å². The van der Waals surface area contributed by atoms with E-state index >= 15 is 0 Å². The Hall–Kier alpha value is -1.97. The summed E-state index contributed by atoms with van der Waals surface area (Å²) in [6.07, 6.45) is 19.1. The van der Waals surface area contributed by atoms with Crippen LogP contribution in [-0.2, 0) is 14.6 Å². The van der Waals surface area contributed by atoms with Crippen LogP contribution >= 0.6 is 0 Å². The Morgan fingerprint density at radius 2 is 1.80 bits per heavy atom. The number of Topliss-reactive ketones (excluding diaryl/α,β-unsaturated/α-hetero) is 1. The molecule has 1 aromatic carbocycles. The van der Waals surface area contributed by atoms with Gasteiger partial charge in [-0.25, -0.2) is 9.78 Å². The fraction of sp³-hybridized carbons (Fsp3) is 0.519. The zero-order chi connectivity index (χ0) is 21.7. The minimum Gasteiger partial charge on any atom is -0.300 e. The molecule has 2 rings (SSSR count). The standard InChI is InChI=1S/C27H38O3/c1-23-22-27(3,30-29-26(23)21-24(2)28)20-16-11-9-7-5-4-6-8-10-13-17-25-18-14-12-15-19-25/h8,10,12-15,17-19,26H,1,4-7,9,11,16,20-22H2,2-3H3/b10-8+,17-13+/t26-,27+/m1/s1. The molecule has 1 heterocycles. The van der Waals surface area contributed by atoms with Gasteiger partial charge in [-0.1, -0.05) is 93.3 Å². The van der Waals surface area contributed by atoms with Crippen LogP contribution in [0.3, 0.4) is 0 Å². The predicted molar refractivity (Wildman–Crippen MR) is 125 cm³/mol. The first-order valence-corrected chi connectivity index (χ1v) is 11.4. The molecule has 0 bridgehead atoms. The van der Waals surface area contributed by atoms with Gasteiger partial charge in [0.15, 0.2) is 0 Å². The Kier molecular flexibility index (Phi) is 10.8. The van der Waals surface area contributed by atoms with Crippen molar-refractivity contribution in [2.45, 2.75) is 89.8 Å². The molecule has 0 radical (unpaired) electrons. The van der Waals surface area contributed by atoms with E-state index in [2.05, 4.69) is 62.1 Å². The molecule has 0 N–H and O–H groups in total. The van der Waals surface area contributed by atoms with Gasteiger partial charge in [-0.05, 0) is 44.2 Å². The van der Waals surface area contributed by atoms with Crippen molar-refractivity contribution < 1.29 is 14.6 Å². The first-order chi connectivity index (χ1) is 14.5. The third-order valence-corrected chi connectivity index (χ3v) is 5.56. The highest BCUT2D eigenvalue weighted by atomic mass is 17.2. The molecule has 0 aromatic heterocycles. The Morgan fingerprint density at radius 3 is 2.50 bits per heavy atom. The molecular weight excluding hydrogens is 372 g/mol. The number of carbonyl (C=O) groups excluding carboxylic acids is 1. The van der Waals surface area contributed by atoms with Crippen LogP contribution in [0.15, 0.2) is 60.7 Å². The van der Waals surface area contributed by atoms with Crippen molar-refractivity contribution in [2.75, 3.05) is 0 Å². The van der Waals surface area contributed by atoms with Crippen molar-refractivity contribution in [2.24, 2.45) is 0 Å². The third kappa shape index (κ3) is 9.69. The van der Waals surface area contributed by atoms with Crippen molar-refractivity contribution in [3.8, 4) is 0 Å². The molecule has 0 unspecified atom stereocenters. The van der Waals surface area contributed by atoms with E-state index < -0.39 is 0 Å². The molecule has 0 aliphatic carbocycles. The Bertz CT molecular complexity index is 704. The van der Waals surface area contributed by atoms with Gasteiger partial charge in [-0.15, -0.1) is 0 Å². The van der Waals surface area contributed by atoms with Crippen LogP contribution in [-0.4, -0.2) is 17.5 Å². The molecule has 164 valence electrons. The van der Waals surface area contributed by atoms with Crippen LogP contribution < -0.4 is 0 Å². The second-order valence-corrected chi connectivity index (χ2v) is 8.72. The maximum Gasteiger partial charge on any atom is 0.132 e. The number of ketones is 1. The molecule has 2 atom stereocenters. The predicted octanol–water partition coefficient (Wildman–Crippen LogP) is 7.39. The van der Waals surface area contributed by atoms with Gasteiger partial charge in [-0.2, -0.15) is 0 Å². The first-order valence-electron chi connectivity index (χ1n) is 11.4. The number of hydrogen-bond donors (Lipinski definition) is 0. The van der Waals surface area contributed by atoms with Gasteiger partial charge in [0, 0.05) is 12.8 Å². The minimum absolute atomic E-state index is 0.104. The largest absolute Gasteiger partial charge is 0.300 e. The molecule has 3 heteroatoms. The summed E-state index contributed by atoms with van der Waals surface area (Å²) < 4.78 is 0. The van der Waals surface area contributed by atoms with Crippen molar-refractivity contribution in [1.29, 1.82) is 0 Å². The normalized spacial score (nSPS) is 22.2. The average Bonchev–Trinajstić information content (AvgIpc) is 2.71. The topological polar surface area (TPSA) is 35.5 Å². The van der Waals surface area contributed by atoms with E-state index in [1.165, 1.54) is 37.7 Å². The lowest BCUT2D eigenvalue weighted by atomic mass is 9.87. The maximum absolute atomic E-state index is 11.3. The summed E-state index contributed by atoms with van der Waals surface area (Å²) in [5.41, 5.74) is 1.91. The average molecular weight is 411 g/mol. The second kappa shape index (κ2) is 13.4. The third-order valence-electron chi connectivity index (χ3n) is 5.56. The number of allylic oxidation sites excluding steroid dienone is 3. The molecular formula is C27H38O3. The summed E-state index contributed by atoms with van der Waals surface area (Å²) >= 11 is 0. The molecule has 1 fully saturated rings. The molecule has 1 saturated heterocycles. The smallest absolute Gasteiger partial charge is 0.132 e. The lowest BCUT2D eigenvalue weighted by Gasteiger charge is -2.37. The molecule has 1 aliphatic rings. The van der Waals surface area contributed by atoms with Crippen LogP contribution in [0.5, 0.6) is 0 Å². The van der Waals surface area contributed by atoms with E-state index in [9.17, 15) is 4.79 Å². The summed E-state index contributed by atoms with van der Waals surface area (Å²) in [5, 5.41) is 0. The van der Waals surface area contributed by atoms with Crippen LogP contribution in [0, 0.1) is 0 Å². The lowest BCUT2D eigenvalue weighted by molar-refractivity contribution is -0.391. The van der Waals surface area contributed by atoms with E-state index in [-0.39, 0.29) is 17.5 Å². The van der Waals surface area contributed by atoms with Crippen LogP contribution in [0.4, 0.5) is 0 Å². The van der Waals surface area contributed by atoms with E-state index in [4.69, 9.17) is 9.78 Å². The van der Waals surface area contributed by atoms with Crippen molar-refractivity contribution in [3.05, 3.63) is 66.3 Å². The Morgan fingerprint density at radius 1 is 1.10 bits per heavy atom. The molecule has 1 aliphatic heterocycles. The number of rotatable bonds is 13. The highest BCUT2D eigenvalue weighted by molar-refractivity contribution is 5.76.